The molecule has 0 aliphatic carbocycles. The number of aliphatic hydroxyl groups is 2. The summed E-state index contributed by atoms with van der Waals surface area (Å²) in [7, 11) is 0. The third-order valence-electron chi connectivity index (χ3n) is 0.865. The molecule has 0 unspecified atom stereocenters. The molecule has 9 heavy (non-hydrogen) atoms. The van der Waals surface area contributed by atoms with Crippen molar-refractivity contribution in [2.45, 2.75) is 5.97 Å². The molecule has 0 aromatic rings. The second-order valence-electron chi connectivity index (χ2n) is 1.57. The van der Waals surface area contributed by atoms with Crippen molar-refractivity contribution < 1.29 is 14.9 Å². The lowest BCUT2D eigenvalue weighted by molar-refractivity contribution is -0.280. The van der Waals surface area contributed by atoms with E-state index >= 15 is 0 Å². The summed E-state index contributed by atoms with van der Waals surface area (Å²) in [6.45, 7) is 0. The van der Waals surface area contributed by atoms with Crippen LogP contribution in [0.3, 0.4) is 0 Å². The Balaban J connectivity index is 2.83. The Bertz CT molecular complexity index is 171. The molecule has 0 aromatic heterocycles. The van der Waals surface area contributed by atoms with Gasteiger partial charge in [0, 0.05) is 0 Å². The predicted octanol–water partition coefficient (Wildman–Crippen LogP) is 0.448. The van der Waals surface area contributed by atoms with Gasteiger partial charge in [-0.1, -0.05) is 0 Å². The molecule has 50 valence electrons. The molecule has 4 heteroatoms. The zero-order valence-corrected chi connectivity index (χ0v) is 6.00. The van der Waals surface area contributed by atoms with Crippen LogP contribution in [0, 0.1) is 0 Å². The lowest BCUT2D eigenvalue weighted by atomic mass is 10.4. The molecule has 0 radical (unpaired) electrons. The molecule has 0 spiro atoms. The normalized spacial score (nSPS) is 22.8. The highest BCUT2D eigenvalue weighted by molar-refractivity contribution is 9.11. The van der Waals surface area contributed by atoms with Crippen LogP contribution in [0.4, 0.5) is 0 Å². The van der Waals surface area contributed by atoms with Crippen molar-refractivity contribution in [3.63, 3.8) is 0 Å². The Morgan fingerprint density at radius 2 is 2.22 bits per heavy atom. The predicted molar refractivity (Wildman–Crippen MR) is 34.4 cm³/mol. The number of halogens is 1. The van der Waals surface area contributed by atoms with Crippen LogP contribution in [0.5, 0.6) is 0 Å². The highest BCUT2D eigenvalue weighted by Gasteiger charge is 2.29. The van der Waals surface area contributed by atoms with Crippen LogP contribution in [-0.2, 0) is 4.74 Å². The minimum atomic E-state index is -2.17. The van der Waals surface area contributed by atoms with E-state index in [1.807, 2.05) is 0 Å². The van der Waals surface area contributed by atoms with E-state index in [1.165, 1.54) is 12.3 Å². The maximum atomic E-state index is 8.81. The van der Waals surface area contributed by atoms with E-state index in [9.17, 15) is 0 Å². The molecule has 0 fully saturated rings. The number of allylic oxidation sites excluding steroid dienone is 2. The average Bonchev–Trinajstić information content (AvgIpc) is 1.77. The Morgan fingerprint density at radius 1 is 1.56 bits per heavy atom. The van der Waals surface area contributed by atoms with E-state index in [2.05, 4.69) is 20.7 Å². The van der Waals surface area contributed by atoms with Gasteiger partial charge in [-0.15, -0.1) is 0 Å². The van der Waals surface area contributed by atoms with Gasteiger partial charge in [0.25, 0.3) is 0 Å². The van der Waals surface area contributed by atoms with Crippen LogP contribution in [-0.4, -0.2) is 16.2 Å². The number of hydrogen-bond donors (Lipinski definition) is 2. The van der Waals surface area contributed by atoms with Crippen molar-refractivity contribution >= 4 is 15.9 Å². The van der Waals surface area contributed by atoms with Gasteiger partial charge in [0.05, 0.1) is 10.7 Å². The summed E-state index contributed by atoms with van der Waals surface area (Å²) < 4.78 is 4.59. The topological polar surface area (TPSA) is 49.7 Å². The largest absolute Gasteiger partial charge is 0.443 e. The summed E-state index contributed by atoms with van der Waals surface area (Å²) in [4.78, 5) is 0. The van der Waals surface area contributed by atoms with Gasteiger partial charge in [-0.2, -0.15) is 0 Å². The third kappa shape index (κ3) is 1.32. The van der Waals surface area contributed by atoms with Crippen LogP contribution in [0.15, 0.2) is 22.9 Å². The van der Waals surface area contributed by atoms with Gasteiger partial charge in [-0.25, -0.2) is 0 Å². The van der Waals surface area contributed by atoms with E-state index in [0.29, 0.717) is 0 Å². The van der Waals surface area contributed by atoms with Crippen LogP contribution in [0.25, 0.3) is 0 Å². The Morgan fingerprint density at radius 3 is 2.56 bits per heavy atom. The monoisotopic (exact) mass is 192 g/mol. The first-order valence-electron chi connectivity index (χ1n) is 2.28. The average molecular weight is 193 g/mol. The molecule has 1 heterocycles. The summed E-state index contributed by atoms with van der Waals surface area (Å²) in [5, 5.41) is 17.6. The summed E-state index contributed by atoms with van der Waals surface area (Å²) in [6.07, 6.45) is 4.24. The first-order chi connectivity index (χ1) is 4.13. The minimum Gasteiger partial charge on any atom is -0.443 e. The van der Waals surface area contributed by atoms with Crippen molar-refractivity contribution in [1.29, 1.82) is 0 Å². The molecule has 0 aromatic carbocycles. The molecule has 1 aliphatic heterocycles. The van der Waals surface area contributed by atoms with Crippen LogP contribution in [0.1, 0.15) is 0 Å². The summed E-state index contributed by atoms with van der Waals surface area (Å²) in [5.41, 5.74) is 0. The van der Waals surface area contributed by atoms with Crippen molar-refractivity contribution in [2.75, 3.05) is 0 Å². The molecule has 1 rings (SSSR count). The van der Waals surface area contributed by atoms with E-state index in [-0.39, 0.29) is 4.48 Å². The summed E-state index contributed by atoms with van der Waals surface area (Å²) in [5.74, 6) is -2.17. The fraction of sp³-hybridized carbons (Fsp3) is 0.200. The van der Waals surface area contributed by atoms with Crippen molar-refractivity contribution in [2.24, 2.45) is 0 Å². The molecular formula is C5H5BrO3. The number of rotatable bonds is 0. The summed E-state index contributed by atoms with van der Waals surface area (Å²) in [6, 6.07) is 0. The molecule has 0 saturated heterocycles. The Kier molecular flexibility index (Phi) is 1.61. The molecule has 3 nitrogen and oxygen atoms in total. The molecular weight excluding hydrogens is 188 g/mol. The first-order valence-corrected chi connectivity index (χ1v) is 3.07. The second kappa shape index (κ2) is 2.13. The van der Waals surface area contributed by atoms with Crippen LogP contribution in [0.2, 0.25) is 0 Å². The summed E-state index contributed by atoms with van der Waals surface area (Å²) >= 11 is 2.89. The standard InChI is InChI=1S/C5H5BrO3/c6-4-2-1-3-9-5(4,7)8/h1-3,7-8H. The van der Waals surface area contributed by atoms with E-state index in [4.69, 9.17) is 10.2 Å². The van der Waals surface area contributed by atoms with Crippen molar-refractivity contribution in [3.05, 3.63) is 22.9 Å². The van der Waals surface area contributed by atoms with Crippen LogP contribution >= 0.6 is 15.9 Å². The lowest BCUT2D eigenvalue weighted by Crippen LogP contribution is -2.31. The van der Waals surface area contributed by atoms with E-state index in [0.717, 1.165) is 0 Å². The smallest absolute Gasteiger partial charge is 0.357 e. The SMILES string of the molecule is OC1(O)OC=CC=C1Br. The maximum Gasteiger partial charge on any atom is 0.357 e. The van der Waals surface area contributed by atoms with Gasteiger partial charge in [-0.05, 0) is 28.1 Å². The Labute approximate surface area is 60.4 Å². The Hall–Kier alpha value is -0.320. The van der Waals surface area contributed by atoms with Crippen LogP contribution < -0.4 is 0 Å². The van der Waals surface area contributed by atoms with E-state index < -0.39 is 5.97 Å². The maximum absolute atomic E-state index is 8.81. The minimum absolute atomic E-state index is 0.192. The lowest BCUT2D eigenvalue weighted by Gasteiger charge is -2.21. The zero-order chi connectivity index (χ0) is 6.91. The highest BCUT2D eigenvalue weighted by Crippen LogP contribution is 2.24. The highest BCUT2D eigenvalue weighted by atomic mass is 79.9. The van der Waals surface area contributed by atoms with Gasteiger partial charge in [0.2, 0.25) is 0 Å². The molecule has 2 N–H and O–H groups in total. The molecule has 0 saturated carbocycles. The molecule has 0 atom stereocenters. The second-order valence-corrected chi connectivity index (χ2v) is 2.42. The number of ether oxygens (including phenoxy) is 1. The molecule has 0 amide bonds. The van der Waals surface area contributed by atoms with Crippen molar-refractivity contribution in [3.8, 4) is 0 Å². The third-order valence-corrected chi connectivity index (χ3v) is 1.65. The van der Waals surface area contributed by atoms with E-state index in [1.54, 1.807) is 6.08 Å². The first kappa shape index (κ1) is 6.80. The fourth-order valence-corrected chi connectivity index (χ4v) is 0.669. The van der Waals surface area contributed by atoms with Crippen molar-refractivity contribution in [1.82, 2.24) is 0 Å². The van der Waals surface area contributed by atoms with Gasteiger partial charge in [0.1, 0.15) is 0 Å². The molecule has 1 aliphatic rings. The van der Waals surface area contributed by atoms with Gasteiger partial charge in [-0.3, -0.25) is 0 Å². The number of hydrogen-bond acceptors (Lipinski definition) is 3. The zero-order valence-electron chi connectivity index (χ0n) is 4.41. The van der Waals surface area contributed by atoms with Gasteiger partial charge in [0.15, 0.2) is 0 Å². The fourth-order valence-electron chi connectivity index (χ4n) is 0.423. The van der Waals surface area contributed by atoms with Gasteiger partial charge < -0.3 is 14.9 Å². The molecule has 0 bridgehead atoms. The quantitative estimate of drug-likeness (QED) is 0.549. The van der Waals surface area contributed by atoms with Gasteiger partial charge >= 0.3 is 5.97 Å².